The summed E-state index contributed by atoms with van der Waals surface area (Å²) in [6.45, 7) is 3.17. The second-order valence-corrected chi connectivity index (χ2v) is 3.33. The largest absolute Gasteiger partial charge is 0.472 e. The van der Waals surface area contributed by atoms with Crippen molar-refractivity contribution in [1.82, 2.24) is 10.2 Å². The molecule has 1 aromatic rings. The zero-order valence-electron chi connectivity index (χ0n) is 8.42. The van der Waals surface area contributed by atoms with Crippen molar-refractivity contribution >= 4 is 0 Å². The van der Waals surface area contributed by atoms with Gasteiger partial charge in [0.2, 0.25) is 0 Å². The van der Waals surface area contributed by atoms with Crippen molar-refractivity contribution in [2.75, 3.05) is 27.2 Å². The second kappa shape index (κ2) is 5.78. The number of hydrogen-bond donors (Lipinski definition) is 1. The van der Waals surface area contributed by atoms with Crippen molar-refractivity contribution < 1.29 is 4.42 Å². The summed E-state index contributed by atoms with van der Waals surface area (Å²) in [4.78, 5) is 2.29. The van der Waals surface area contributed by atoms with Crippen molar-refractivity contribution in [2.45, 2.75) is 13.0 Å². The molecular weight excluding hydrogens is 164 g/mol. The summed E-state index contributed by atoms with van der Waals surface area (Å²) < 4.78 is 5.00. The summed E-state index contributed by atoms with van der Waals surface area (Å²) in [7, 11) is 4.11. The topological polar surface area (TPSA) is 28.4 Å². The standard InChI is InChI=1S/C10H18N2O/c1-11-5-3-6-12(2)8-10-4-7-13-9-10/h4,7,9,11H,3,5-6,8H2,1-2H3. The Hall–Kier alpha value is -0.800. The van der Waals surface area contributed by atoms with Gasteiger partial charge in [-0.1, -0.05) is 0 Å². The summed E-state index contributed by atoms with van der Waals surface area (Å²) in [5.74, 6) is 0. The van der Waals surface area contributed by atoms with Gasteiger partial charge in [-0.25, -0.2) is 0 Å². The zero-order chi connectivity index (χ0) is 9.52. The van der Waals surface area contributed by atoms with Crippen LogP contribution in [0.1, 0.15) is 12.0 Å². The van der Waals surface area contributed by atoms with Crippen molar-refractivity contribution in [2.24, 2.45) is 0 Å². The van der Waals surface area contributed by atoms with Gasteiger partial charge in [0.1, 0.15) is 0 Å². The molecule has 0 bridgehead atoms. The van der Waals surface area contributed by atoms with Crippen LogP contribution in [0.4, 0.5) is 0 Å². The van der Waals surface area contributed by atoms with Crippen LogP contribution in [0.5, 0.6) is 0 Å². The minimum atomic E-state index is 0.972. The molecule has 0 amide bonds. The van der Waals surface area contributed by atoms with Gasteiger partial charge >= 0.3 is 0 Å². The molecule has 0 aliphatic carbocycles. The lowest BCUT2D eigenvalue weighted by atomic mass is 10.3. The van der Waals surface area contributed by atoms with Crippen LogP contribution in [0.25, 0.3) is 0 Å². The summed E-state index contributed by atoms with van der Waals surface area (Å²) in [6.07, 6.45) is 4.70. The maximum atomic E-state index is 5.00. The van der Waals surface area contributed by atoms with E-state index >= 15 is 0 Å². The lowest BCUT2D eigenvalue weighted by Gasteiger charge is -2.14. The highest BCUT2D eigenvalue weighted by Gasteiger charge is 2.00. The van der Waals surface area contributed by atoms with Crippen LogP contribution in [-0.2, 0) is 6.54 Å². The third kappa shape index (κ3) is 4.10. The molecule has 0 aliphatic rings. The van der Waals surface area contributed by atoms with Crippen LogP contribution in [0.15, 0.2) is 23.0 Å². The minimum absolute atomic E-state index is 0.972. The third-order valence-electron chi connectivity index (χ3n) is 2.00. The number of hydrogen-bond acceptors (Lipinski definition) is 3. The summed E-state index contributed by atoms with van der Waals surface area (Å²) in [5, 5.41) is 3.14. The Kier molecular flexibility index (Phi) is 4.57. The first-order valence-electron chi connectivity index (χ1n) is 4.67. The van der Waals surface area contributed by atoms with Crippen LogP contribution < -0.4 is 5.32 Å². The molecule has 3 heteroatoms. The Labute approximate surface area is 79.7 Å². The van der Waals surface area contributed by atoms with Crippen LogP contribution >= 0.6 is 0 Å². The molecule has 0 fully saturated rings. The first-order valence-corrected chi connectivity index (χ1v) is 4.67. The van der Waals surface area contributed by atoms with Crippen molar-refractivity contribution in [1.29, 1.82) is 0 Å². The van der Waals surface area contributed by atoms with Gasteiger partial charge in [-0.05, 0) is 39.7 Å². The average molecular weight is 182 g/mol. The fourth-order valence-corrected chi connectivity index (χ4v) is 1.30. The normalized spacial score (nSPS) is 11.0. The number of furan rings is 1. The molecule has 1 aromatic heterocycles. The summed E-state index contributed by atoms with van der Waals surface area (Å²) >= 11 is 0. The van der Waals surface area contributed by atoms with E-state index in [4.69, 9.17) is 4.42 Å². The van der Waals surface area contributed by atoms with E-state index in [0.29, 0.717) is 0 Å². The van der Waals surface area contributed by atoms with E-state index in [9.17, 15) is 0 Å². The number of rotatable bonds is 6. The fraction of sp³-hybridized carbons (Fsp3) is 0.600. The molecule has 0 radical (unpaired) electrons. The van der Waals surface area contributed by atoms with E-state index in [1.807, 2.05) is 13.1 Å². The Morgan fingerprint density at radius 3 is 3.00 bits per heavy atom. The highest BCUT2D eigenvalue weighted by Crippen LogP contribution is 2.03. The van der Waals surface area contributed by atoms with E-state index < -0.39 is 0 Å². The molecular formula is C10H18N2O. The van der Waals surface area contributed by atoms with Crippen LogP contribution in [0.2, 0.25) is 0 Å². The third-order valence-corrected chi connectivity index (χ3v) is 2.00. The van der Waals surface area contributed by atoms with Gasteiger partial charge in [-0.15, -0.1) is 0 Å². The maximum absolute atomic E-state index is 5.00. The van der Waals surface area contributed by atoms with Gasteiger partial charge in [0.15, 0.2) is 0 Å². The van der Waals surface area contributed by atoms with Gasteiger partial charge < -0.3 is 14.6 Å². The molecule has 0 saturated heterocycles. The molecule has 1 rings (SSSR count). The van der Waals surface area contributed by atoms with Gasteiger partial charge in [-0.2, -0.15) is 0 Å². The van der Waals surface area contributed by atoms with E-state index in [1.54, 1.807) is 12.5 Å². The average Bonchev–Trinajstić information content (AvgIpc) is 2.57. The molecule has 0 saturated carbocycles. The number of nitrogens with one attached hydrogen (secondary N) is 1. The predicted molar refractivity (Wildman–Crippen MR) is 53.6 cm³/mol. The Bertz CT molecular complexity index is 209. The zero-order valence-corrected chi connectivity index (χ0v) is 8.42. The Balaban J connectivity index is 2.14. The van der Waals surface area contributed by atoms with Gasteiger partial charge in [0.25, 0.3) is 0 Å². The van der Waals surface area contributed by atoms with Crippen LogP contribution in [0.3, 0.4) is 0 Å². The van der Waals surface area contributed by atoms with Crippen LogP contribution in [-0.4, -0.2) is 32.1 Å². The van der Waals surface area contributed by atoms with E-state index in [0.717, 1.165) is 19.6 Å². The molecule has 13 heavy (non-hydrogen) atoms. The SMILES string of the molecule is CNCCCN(C)Cc1ccoc1. The first-order chi connectivity index (χ1) is 6.33. The quantitative estimate of drug-likeness (QED) is 0.673. The first kappa shape index (κ1) is 10.3. The van der Waals surface area contributed by atoms with E-state index in [-0.39, 0.29) is 0 Å². The molecule has 0 atom stereocenters. The highest BCUT2D eigenvalue weighted by molar-refractivity contribution is 5.04. The van der Waals surface area contributed by atoms with Crippen molar-refractivity contribution in [3.8, 4) is 0 Å². The molecule has 0 aromatic carbocycles. The molecule has 3 nitrogen and oxygen atoms in total. The predicted octanol–water partition coefficient (Wildman–Crippen LogP) is 1.32. The Morgan fingerprint density at radius 1 is 1.54 bits per heavy atom. The summed E-state index contributed by atoms with van der Waals surface area (Å²) in [6, 6.07) is 2.01. The maximum Gasteiger partial charge on any atom is 0.0947 e. The molecule has 0 aliphatic heterocycles. The smallest absolute Gasteiger partial charge is 0.0947 e. The van der Waals surface area contributed by atoms with Gasteiger partial charge in [-0.3, -0.25) is 0 Å². The van der Waals surface area contributed by atoms with Crippen LogP contribution in [0, 0.1) is 0 Å². The highest BCUT2D eigenvalue weighted by atomic mass is 16.3. The lowest BCUT2D eigenvalue weighted by Crippen LogP contribution is -2.22. The van der Waals surface area contributed by atoms with Gasteiger partial charge in [0.05, 0.1) is 12.5 Å². The van der Waals surface area contributed by atoms with Crippen molar-refractivity contribution in [3.63, 3.8) is 0 Å². The van der Waals surface area contributed by atoms with Gasteiger partial charge in [0, 0.05) is 12.1 Å². The molecule has 74 valence electrons. The molecule has 1 N–H and O–H groups in total. The van der Waals surface area contributed by atoms with E-state index in [1.165, 1.54) is 12.0 Å². The lowest BCUT2D eigenvalue weighted by molar-refractivity contribution is 0.320. The Morgan fingerprint density at radius 2 is 2.38 bits per heavy atom. The monoisotopic (exact) mass is 182 g/mol. The molecule has 0 spiro atoms. The number of nitrogens with zero attached hydrogens (tertiary/aromatic N) is 1. The fourth-order valence-electron chi connectivity index (χ4n) is 1.30. The minimum Gasteiger partial charge on any atom is -0.472 e. The molecule has 1 heterocycles. The van der Waals surface area contributed by atoms with E-state index in [2.05, 4.69) is 17.3 Å². The van der Waals surface area contributed by atoms with Crippen molar-refractivity contribution in [3.05, 3.63) is 24.2 Å². The molecule has 0 unspecified atom stereocenters. The summed E-state index contributed by atoms with van der Waals surface area (Å²) in [5.41, 5.74) is 1.24. The second-order valence-electron chi connectivity index (χ2n) is 3.33.